The lowest BCUT2D eigenvalue weighted by Crippen LogP contribution is -2.48. The molecule has 2 rings (SSSR count). The van der Waals surface area contributed by atoms with E-state index in [1.165, 1.54) is 12.7 Å². The van der Waals surface area contributed by atoms with Crippen molar-refractivity contribution in [2.24, 2.45) is 11.7 Å². The lowest BCUT2D eigenvalue weighted by atomic mass is 9.97. The van der Waals surface area contributed by atoms with Crippen molar-refractivity contribution in [3.63, 3.8) is 0 Å². The van der Waals surface area contributed by atoms with Crippen LogP contribution in [0, 0.1) is 5.92 Å². The second-order valence-corrected chi connectivity index (χ2v) is 7.77. The predicted octanol–water partition coefficient (Wildman–Crippen LogP) is 0.0811. The summed E-state index contributed by atoms with van der Waals surface area (Å²) in [4.78, 5) is 2.41. The summed E-state index contributed by atoms with van der Waals surface area (Å²) in [6.07, 6.45) is 5.72. The van der Waals surface area contributed by atoms with E-state index in [2.05, 4.69) is 4.90 Å². The number of hydrogen-bond acceptors (Lipinski definition) is 4. The van der Waals surface area contributed by atoms with E-state index < -0.39 is 10.0 Å². The van der Waals surface area contributed by atoms with E-state index in [9.17, 15) is 8.42 Å². The Hall–Kier alpha value is -0.170. The number of nitrogens with zero attached hydrogens (tertiary/aromatic N) is 2. The molecule has 2 fully saturated rings. The highest BCUT2D eigenvalue weighted by Crippen LogP contribution is 2.21. The molecule has 0 aromatic carbocycles. The van der Waals surface area contributed by atoms with E-state index in [0.29, 0.717) is 25.0 Å². The molecule has 0 aromatic heterocycles. The third-order valence-corrected chi connectivity index (χ3v) is 5.28. The fourth-order valence-electron chi connectivity index (χ4n) is 3.10. The highest BCUT2D eigenvalue weighted by atomic mass is 32.2. The normalized spacial score (nSPS) is 32.6. The Morgan fingerprint density at radius 2 is 1.89 bits per heavy atom. The third kappa shape index (κ3) is 3.91. The molecule has 0 amide bonds. The van der Waals surface area contributed by atoms with Crippen molar-refractivity contribution in [3.8, 4) is 0 Å². The molecule has 5 nitrogen and oxygen atoms in total. The van der Waals surface area contributed by atoms with E-state index >= 15 is 0 Å². The van der Waals surface area contributed by atoms with E-state index in [1.807, 2.05) is 0 Å². The molecular formula is C12H25N3O2S. The Labute approximate surface area is 110 Å². The zero-order chi connectivity index (χ0) is 13.2. The first-order chi connectivity index (χ1) is 8.45. The summed E-state index contributed by atoms with van der Waals surface area (Å²) in [5, 5.41) is 0. The van der Waals surface area contributed by atoms with E-state index in [-0.39, 0.29) is 0 Å². The van der Waals surface area contributed by atoms with Gasteiger partial charge in [-0.25, -0.2) is 12.7 Å². The third-order valence-electron chi connectivity index (χ3n) is 4.01. The smallest absolute Gasteiger partial charge is 0.211 e. The zero-order valence-corrected chi connectivity index (χ0v) is 12.0. The van der Waals surface area contributed by atoms with Gasteiger partial charge in [0.15, 0.2) is 0 Å². The van der Waals surface area contributed by atoms with Crippen LogP contribution in [0.15, 0.2) is 0 Å². The summed E-state index contributed by atoms with van der Waals surface area (Å²) >= 11 is 0. The fraction of sp³-hybridized carbons (Fsp3) is 1.00. The lowest BCUT2D eigenvalue weighted by Gasteiger charge is -2.37. The van der Waals surface area contributed by atoms with Crippen LogP contribution in [0.2, 0.25) is 0 Å². The molecule has 0 aromatic rings. The maximum absolute atomic E-state index is 11.6. The van der Waals surface area contributed by atoms with Crippen molar-refractivity contribution in [1.29, 1.82) is 0 Å². The lowest BCUT2D eigenvalue weighted by molar-refractivity contribution is 0.148. The zero-order valence-electron chi connectivity index (χ0n) is 11.2. The van der Waals surface area contributed by atoms with Crippen LogP contribution < -0.4 is 5.73 Å². The second-order valence-electron chi connectivity index (χ2n) is 5.79. The minimum absolute atomic E-state index is 0.299. The summed E-state index contributed by atoms with van der Waals surface area (Å²) in [5.41, 5.74) is 5.98. The van der Waals surface area contributed by atoms with Crippen LogP contribution in [0.5, 0.6) is 0 Å². The minimum Gasteiger partial charge on any atom is -0.327 e. The van der Waals surface area contributed by atoms with Crippen LogP contribution >= 0.6 is 0 Å². The van der Waals surface area contributed by atoms with Gasteiger partial charge >= 0.3 is 0 Å². The van der Waals surface area contributed by atoms with Crippen molar-refractivity contribution in [3.05, 3.63) is 0 Å². The van der Waals surface area contributed by atoms with Gasteiger partial charge in [-0.2, -0.15) is 0 Å². The molecule has 6 heteroatoms. The summed E-state index contributed by atoms with van der Waals surface area (Å²) in [6.45, 7) is 4.46. The molecule has 2 N–H and O–H groups in total. The number of sulfonamides is 1. The Kier molecular flexibility index (Phi) is 4.64. The van der Waals surface area contributed by atoms with Crippen LogP contribution in [0.4, 0.5) is 0 Å². The largest absolute Gasteiger partial charge is 0.327 e. The number of nitrogens with two attached hydrogens (primary N) is 1. The first-order valence-electron chi connectivity index (χ1n) is 6.88. The number of rotatable bonds is 3. The van der Waals surface area contributed by atoms with Gasteiger partial charge in [-0.15, -0.1) is 0 Å². The van der Waals surface area contributed by atoms with Crippen LogP contribution in [-0.2, 0) is 10.0 Å². The first kappa shape index (κ1) is 14.2. The molecule has 2 unspecified atom stereocenters. The molecule has 0 saturated carbocycles. The number of likely N-dealkylation sites (tertiary alicyclic amines) is 1. The Morgan fingerprint density at radius 3 is 2.56 bits per heavy atom. The molecule has 0 aliphatic carbocycles. The van der Waals surface area contributed by atoms with Gasteiger partial charge in [0, 0.05) is 32.2 Å². The summed E-state index contributed by atoms with van der Waals surface area (Å²) < 4.78 is 24.8. The Morgan fingerprint density at radius 1 is 1.17 bits per heavy atom. The van der Waals surface area contributed by atoms with Crippen molar-refractivity contribution in [2.45, 2.75) is 31.7 Å². The molecule has 106 valence electrons. The van der Waals surface area contributed by atoms with E-state index in [0.717, 1.165) is 38.9 Å². The number of piperidine rings is 2. The fourth-order valence-corrected chi connectivity index (χ4v) is 4.04. The summed E-state index contributed by atoms with van der Waals surface area (Å²) in [5.74, 6) is 0.471. The predicted molar refractivity (Wildman–Crippen MR) is 72.8 cm³/mol. The quantitative estimate of drug-likeness (QED) is 0.792. The molecule has 2 aliphatic heterocycles. The molecule has 2 saturated heterocycles. The van der Waals surface area contributed by atoms with Gasteiger partial charge in [0.1, 0.15) is 0 Å². The first-order valence-corrected chi connectivity index (χ1v) is 8.73. The molecule has 0 spiro atoms. The highest BCUT2D eigenvalue weighted by Gasteiger charge is 2.28. The van der Waals surface area contributed by atoms with Gasteiger partial charge < -0.3 is 10.6 Å². The maximum atomic E-state index is 11.6. The van der Waals surface area contributed by atoms with Crippen LogP contribution in [-0.4, -0.2) is 62.6 Å². The van der Waals surface area contributed by atoms with E-state index in [4.69, 9.17) is 5.73 Å². The minimum atomic E-state index is -3.02. The topological polar surface area (TPSA) is 66.6 Å². The van der Waals surface area contributed by atoms with Gasteiger partial charge in [0.05, 0.1) is 6.26 Å². The van der Waals surface area contributed by atoms with Gasteiger partial charge in [-0.1, -0.05) is 0 Å². The van der Waals surface area contributed by atoms with Crippen molar-refractivity contribution in [2.75, 3.05) is 39.0 Å². The second kappa shape index (κ2) is 5.86. The van der Waals surface area contributed by atoms with Crippen molar-refractivity contribution in [1.82, 2.24) is 9.21 Å². The van der Waals surface area contributed by atoms with Gasteiger partial charge in [-0.05, 0) is 38.1 Å². The molecule has 2 aliphatic rings. The summed E-state index contributed by atoms with van der Waals surface area (Å²) in [7, 11) is -3.02. The van der Waals surface area contributed by atoms with E-state index in [1.54, 1.807) is 4.31 Å². The molecule has 2 heterocycles. The maximum Gasteiger partial charge on any atom is 0.211 e. The highest BCUT2D eigenvalue weighted by molar-refractivity contribution is 7.88. The molecule has 2 atom stereocenters. The van der Waals surface area contributed by atoms with Gasteiger partial charge in [0.2, 0.25) is 10.0 Å². The molecular weight excluding hydrogens is 250 g/mol. The Bertz CT molecular complexity index is 372. The van der Waals surface area contributed by atoms with Crippen LogP contribution in [0.1, 0.15) is 25.7 Å². The molecule has 0 radical (unpaired) electrons. The SMILES string of the molecule is CS(=O)(=O)N1CCCC(CN2CCCC(N)C2)C1. The van der Waals surface area contributed by atoms with Crippen molar-refractivity contribution >= 4 is 10.0 Å². The monoisotopic (exact) mass is 275 g/mol. The molecule has 18 heavy (non-hydrogen) atoms. The van der Waals surface area contributed by atoms with Gasteiger partial charge in [-0.3, -0.25) is 0 Å². The van der Waals surface area contributed by atoms with Crippen LogP contribution in [0.3, 0.4) is 0 Å². The Balaban J connectivity index is 1.86. The standard InChI is InChI=1S/C12H25N3O2S/c1-18(16,17)15-7-2-4-11(9-15)8-14-6-3-5-12(13)10-14/h11-12H,2-10,13H2,1H3. The number of hydrogen-bond donors (Lipinski definition) is 1. The molecule has 0 bridgehead atoms. The summed E-state index contributed by atoms with van der Waals surface area (Å²) in [6, 6.07) is 0.299. The average molecular weight is 275 g/mol. The van der Waals surface area contributed by atoms with Gasteiger partial charge in [0.25, 0.3) is 0 Å². The van der Waals surface area contributed by atoms with Crippen molar-refractivity contribution < 1.29 is 8.42 Å². The average Bonchev–Trinajstić information content (AvgIpc) is 2.28. The van der Waals surface area contributed by atoms with Crippen LogP contribution in [0.25, 0.3) is 0 Å².